The summed E-state index contributed by atoms with van der Waals surface area (Å²) in [5.41, 5.74) is 11.6. The first kappa shape index (κ1) is 32.2. The predicted octanol–water partition coefficient (Wildman–Crippen LogP) is 11.0. The Morgan fingerprint density at radius 2 is 1.33 bits per heavy atom. The Morgan fingerprint density at radius 1 is 0.692 bits per heavy atom. The molecule has 5 aromatic rings. The van der Waals surface area contributed by atoms with Gasteiger partial charge < -0.3 is 10.0 Å². The second-order valence-corrected chi connectivity index (χ2v) is 15.7. The summed E-state index contributed by atoms with van der Waals surface area (Å²) in [6, 6.07) is 33.5. The molecular formula is C48H43N2O2+. The Hall–Kier alpha value is -5.74. The summed E-state index contributed by atoms with van der Waals surface area (Å²) in [4.78, 5) is 16.4. The molecule has 5 aromatic carbocycles. The number of carbonyl (C=O) groups is 1. The third kappa shape index (κ3) is 4.46. The maximum Gasteiger partial charge on any atom is 0.210 e. The van der Waals surface area contributed by atoms with Gasteiger partial charge in [0.15, 0.2) is 11.5 Å². The molecule has 0 fully saturated rings. The second kappa shape index (κ2) is 11.4. The van der Waals surface area contributed by atoms with E-state index in [1.54, 1.807) is 0 Å². The summed E-state index contributed by atoms with van der Waals surface area (Å²) in [5.74, 6) is -0.0412. The summed E-state index contributed by atoms with van der Waals surface area (Å²) in [6.45, 7) is 9.20. The van der Waals surface area contributed by atoms with E-state index >= 15 is 0 Å². The number of carbonyl (C=O) groups excluding carboxylic acids is 1. The standard InChI is InChI=1S/C48H42N2O2/c1-47(2)39(49(5)37-25-21-29-13-7-9-15-33(29)43(37)47)27-23-31-19-20-32(41(31)42-45(51)35-17-11-12-18-36(35)46(42)52)24-28-40-48(3,4)44-34-16-10-8-14-30(34)22-26-38(44)50(40)6/h7-18,21-28H,19-20H2,1-6H3/p+1/b31-23+,39-27+. The van der Waals surface area contributed by atoms with Crippen LogP contribution in [-0.2, 0) is 10.8 Å². The van der Waals surface area contributed by atoms with E-state index in [2.05, 4.69) is 148 Å². The Bertz CT molecular complexity index is 2620. The molecule has 0 amide bonds. The van der Waals surface area contributed by atoms with Crippen molar-refractivity contribution in [1.29, 1.82) is 0 Å². The highest BCUT2D eigenvalue weighted by Crippen LogP contribution is 2.51. The Balaban J connectivity index is 1.17. The molecule has 2 heterocycles. The lowest BCUT2D eigenvalue weighted by Crippen LogP contribution is -2.26. The van der Waals surface area contributed by atoms with Crippen LogP contribution in [0.15, 0.2) is 149 Å². The Labute approximate surface area is 305 Å². The lowest BCUT2D eigenvalue weighted by molar-refractivity contribution is -0.401. The highest BCUT2D eigenvalue weighted by Gasteiger charge is 2.45. The van der Waals surface area contributed by atoms with Crippen LogP contribution in [0.2, 0.25) is 0 Å². The highest BCUT2D eigenvalue weighted by molar-refractivity contribution is 6.23. The van der Waals surface area contributed by atoms with E-state index in [1.807, 2.05) is 24.3 Å². The van der Waals surface area contributed by atoms with Crippen molar-refractivity contribution in [3.05, 3.63) is 172 Å². The molecule has 256 valence electrons. The number of rotatable bonds is 4. The van der Waals surface area contributed by atoms with Crippen molar-refractivity contribution in [2.24, 2.45) is 0 Å². The molecule has 4 heteroatoms. The molecule has 0 saturated heterocycles. The fourth-order valence-electron chi connectivity index (χ4n) is 9.62. The lowest BCUT2D eigenvalue weighted by atomic mass is 9.79. The number of hydrogen-bond acceptors (Lipinski definition) is 3. The minimum absolute atomic E-state index is 0.0731. The molecule has 2 aliphatic carbocycles. The van der Waals surface area contributed by atoms with Crippen LogP contribution in [0, 0.1) is 0 Å². The number of aliphatic hydroxyl groups is 1. The topological polar surface area (TPSA) is 43.5 Å². The molecular weight excluding hydrogens is 637 g/mol. The minimum atomic E-state index is -0.234. The molecule has 0 radical (unpaired) electrons. The molecule has 1 N–H and O–H groups in total. The van der Waals surface area contributed by atoms with Gasteiger partial charge in [0.25, 0.3) is 0 Å². The SMILES string of the molecule is CN1/C(=C/C=C2\CCC(/C=C/C3=[N+](C)c4ccc5ccccc5c4C3(C)C)=C2C2=C(O)c3ccccc3C2=O)C(C)(C)c2c1ccc1ccccc21. The first-order valence-electron chi connectivity index (χ1n) is 18.3. The molecule has 0 aromatic heterocycles. The zero-order valence-electron chi connectivity index (χ0n) is 30.7. The van der Waals surface area contributed by atoms with Gasteiger partial charge in [-0.3, -0.25) is 4.79 Å². The predicted molar refractivity (Wildman–Crippen MR) is 215 cm³/mol. The van der Waals surface area contributed by atoms with Gasteiger partial charge >= 0.3 is 0 Å². The fraction of sp³-hybridized carbons (Fsp3) is 0.208. The molecule has 0 bridgehead atoms. The number of anilines is 1. The van der Waals surface area contributed by atoms with Crippen LogP contribution >= 0.6 is 0 Å². The van der Waals surface area contributed by atoms with E-state index < -0.39 is 0 Å². The van der Waals surface area contributed by atoms with E-state index in [1.165, 1.54) is 55.5 Å². The number of likely N-dealkylation sites (N-methyl/N-ethyl adjacent to an activating group) is 1. The fourth-order valence-corrected chi connectivity index (χ4v) is 9.62. The maximum absolute atomic E-state index is 14.1. The van der Waals surface area contributed by atoms with Crippen LogP contribution in [0.3, 0.4) is 0 Å². The largest absolute Gasteiger partial charge is 0.507 e. The van der Waals surface area contributed by atoms with Crippen molar-refractivity contribution >= 4 is 50.2 Å². The number of aliphatic hydroxyl groups excluding tert-OH is 1. The second-order valence-electron chi connectivity index (χ2n) is 15.7. The number of allylic oxidation sites excluding steroid dienone is 9. The van der Waals surface area contributed by atoms with Crippen LogP contribution in [-0.4, -0.2) is 35.3 Å². The van der Waals surface area contributed by atoms with Gasteiger partial charge in [0.1, 0.15) is 12.8 Å². The first-order chi connectivity index (χ1) is 25.0. The van der Waals surface area contributed by atoms with E-state index in [4.69, 9.17) is 0 Å². The molecule has 9 rings (SSSR count). The Morgan fingerprint density at radius 3 is 2.04 bits per heavy atom. The van der Waals surface area contributed by atoms with Crippen molar-refractivity contribution in [2.45, 2.75) is 51.4 Å². The van der Waals surface area contributed by atoms with Crippen LogP contribution in [0.1, 0.15) is 67.6 Å². The normalized spacial score (nSPS) is 20.5. The van der Waals surface area contributed by atoms with Gasteiger partial charge in [0.2, 0.25) is 5.69 Å². The zero-order chi connectivity index (χ0) is 36.1. The molecule has 0 spiro atoms. The van der Waals surface area contributed by atoms with Crippen molar-refractivity contribution in [2.75, 3.05) is 19.0 Å². The van der Waals surface area contributed by atoms with Gasteiger partial charge in [-0.15, -0.1) is 0 Å². The number of hydrogen-bond donors (Lipinski definition) is 1. The monoisotopic (exact) mass is 679 g/mol. The van der Waals surface area contributed by atoms with Gasteiger partial charge in [0.05, 0.1) is 11.0 Å². The van der Waals surface area contributed by atoms with Gasteiger partial charge in [-0.1, -0.05) is 105 Å². The molecule has 0 saturated carbocycles. The van der Waals surface area contributed by atoms with E-state index in [9.17, 15) is 9.90 Å². The third-order valence-corrected chi connectivity index (χ3v) is 12.1. The van der Waals surface area contributed by atoms with Gasteiger partial charge in [-0.25, -0.2) is 0 Å². The third-order valence-electron chi connectivity index (χ3n) is 12.1. The van der Waals surface area contributed by atoms with Gasteiger partial charge in [0, 0.05) is 52.7 Å². The zero-order valence-corrected chi connectivity index (χ0v) is 30.7. The van der Waals surface area contributed by atoms with E-state index in [-0.39, 0.29) is 22.4 Å². The molecule has 4 nitrogen and oxygen atoms in total. The van der Waals surface area contributed by atoms with Crippen molar-refractivity contribution < 1.29 is 14.5 Å². The maximum atomic E-state index is 14.1. The smallest absolute Gasteiger partial charge is 0.210 e. The number of Topliss-reactive ketones (excluding diaryl/α,β-unsaturated/α-hetero) is 1. The molecule has 0 unspecified atom stereocenters. The van der Waals surface area contributed by atoms with Crippen molar-refractivity contribution in [1.82, 2.24) is 0 Å². The molecule has 2 aliphatic heterocycles. The van der Waals surface area contributed by atoms with E-state index in [0.717, 1.165) is 29.6 Å². The van der Waals surface area contributed by atoms with Gasteiger partial charge in [-0.2, -0.15) is 4.58 Å². The molecule has 4 aliphatic rings. The summed E-state index contributed by atoms with van der Waals surface area (Å²) >= 11 is 0. The highest BCUT2D eigenvalue weighted by atomic mass is 16.3. The van der Waals surface area contributed by atoms with Crippen LogP contribution < -0.4 is 4.90 Å². The summed E-state index contributed by atoms with van der Waals surface area (Å²) in [6.07, 6.45) is 10.4. The van der Waals surface area contributed by atoms with E-state index in [0.29, 0.717) is 16.7 Å². The van der Waals surface area contributed by atoms with Crippen LogP contribution in [0.25, 0.3) is 27.3 Å². The van der Waals surface area contributed by atoms with Crippen LogP contribution in [0.4, 0.5) is 11.4 Å². The molecule has 0 atom stereocenters. The Kier molecular flexibility index (Phi) is 7.05. The van der Waals surface area contributed by atoms with Gasteiger partial charge in [-0.05, 0) is 88.7 Å². The quantitative estimate of drug-likeness (QED) is 0.192. The van der Waals surface area contributed by atoms with Crippen molar-refractivity contribution in [3.63, 3.8) is 0 Å². The number of fused-ring (bicyclic) bond motifs is 7. The first-order valence-corrected chi connectivity index (χ1v) is 18.3. The van der Waals surface area contributed by atoms with Crippen molar-refractivity contribution in [3.8, 4) is 0 Å². The summed E-state index contributed by atoms with van der Waals surface area (Å²) < 4.78 is 2.31. The average molecular weight is 680 g/mol. The van der Waals surface area contributed by atoms with Crippen LogP contribution in [0.5, 0.6) is 0 Å². The number of ketones is 1. The number of benzene rings is 5. The summed E-state index contributed by atoms with van der Waals surface area (Å²) in [7, 11) is 4.30. The number of nitrogens with zero attached hydrogens (tertiary/aromatic N) is 2. The lowest BCUT2D eigenvalue weighted by Gasteiger charge is -2.24. The average Bonchev–Trinajstić information content (AvgIpc) is 3.77. The minimum Gasteiger partial charge on any atom is -0.507 e. The molecule has 52 heavy (non-hydrogen) atoms. The summed E-state index contributed by atoms with van der Waals surface area (Å²) in [5, 5.41) is 16.7.